The van der Waals surface area contributed by atoms with E-state index in [-0.39, 0.29) is 11.7 Å². The Bertz CT molecular complexity index is 883. The lowest BCUT2D eigenvalue weighted by Gasteiger charge is -2.06. The summed E-state index contributed by atoms with van der Waals surface area (Å²) in [6.07, 6.45) is 1.60. The fourth-order valence-electron chi connectivity index (χ4n) is 2.30. The number of carbonyl (C=O) groups excluding carboxylic acids is 1. The van der Waals surface area contributed by atoms with Crippen molar-refractivity contribution in [1.29, 1.82) is 0 Å². The van der Waals surface area contributed by atoms with Gasteiger partial charge in [-0.15, -0.1) is 21.5 Å². The Balaban J connectivity index is 1.67. The number of nitrogens with one attached hydrogen (secondary N) is 1. The molecule has 0 atom stereocenters. The molecule has 0 fully saturated rings. The zero-order valence-corrected chi connectivity index (χ0v) is 15.8. The Morgan fingerprint density at radius 1 is 1.44 bits per heavy atom. The van der Waals surface area contributed by atoms with Crippen LogP contribution in [0.4, 0.5) is 10.7 Å². The monoisotopic (exact) mass is 377 g/mol. The second-order valence-corrected chi connectivity index (χ2v) is 7.56. The molecule has 3 aromatic heterocycles. The molecule has 0 saturated carbocycles. The number of carbonyl (C=O) groups is 1. The predicted molar refractivity (Wildman–Crippen MR) is 101 cm³/mol. The fourth-order valence-corrected chi connectivity index (χ4v) is 4.10. The quantitative estimate of drug-likeness (QED) is 0.637. The van der Waals surface area contributed by atoms with Crippen molar-refractivity contribution in [1.82, 2.24) is 14.8 Å². The highest BCUT2D eigenvalue weighted by Crippen LogP contribution is 2.34. The van der Waals surface area contributed by atoms with Crippen LogP contribution in [0.5, 0.6) is 0 Å². The molecule has 0 unspecified atom stereocenters. The lowest BCUT2D eigenvalue weighted by atomic mass is 10.2. The molecule has 3 heterocycles. The number of anilines is 2. The molecule has 0 aromatic carbocycles. The zero-order chi connectivity index (χ0) is 18.0. The fraction of sp³-hybridized carbons (Fsp3) is 0.312. The van der Waals surface area contributed by atoms with Gasteiger partial charge in [-0.1, -0.05) is 11.8 Å². The van der Waals surface area contributed by atoms with Crippen LogP contribution in [-0.4, -0.2) is 26.4 Å². The van der Waals surface area contributed by atoms with Crippen LogP contribution in [0.1, 0.15) is 17.4 Å². The minimum absolute atomic E-state index is 0.122. The molecule has 0 spiro atoms. The predicted octanol–water partition coefficient (Wildman–Crippen LogP) is 3.55. The van der Waals surface area contributed by atoms with Crippen molar-refractivity contribution >= 4 is 39.7 Å². The van der Waals surface area contributed by atoms with Crippen LogP contribution in [0, 0.1) is 13.8 Å². The number of hydrogen-bond donors (Lipinski definition) is 2. The number of nitrogens with zero attached hydrogens (tertiary/aromatic N) is 3. The van der Waals surface area contributed by atoms with Gasteiger partial charge in [0, 0.05) is 11.4 Å². The largest absolute Gasteiger partial charge is 0.461 e. The molecule has 0 aliphatic rings. The first-order valence-electron chi connectivity index (χ1n) is 7.76. The standard InChI is InChI=1S/C16H19N5O2S2/c1-4-21-14(11-6-5-7-23-11)19-20-16(21)24-8-12(22)18-15-13(17)9(2)10(3)25-15/h5-7H,4,8,17H2,1-3H3,(H,18,22). The van der Waals surface area contributed by atoms with Crippen LogP contribution >= 0.6 is 23.1 Å². The summed E-state index contributed by atoms with van der Waals surface area (Å²) in [6.45, 7) is 6.62. The van der Waals surface area contributed by atoms with Crippen molar-refractivity contribution < 1.29 is 9.21 Å². The molecule has 25 heavy (non-hydrogen) atoms. The second-order valence-electron chi connectivity index (χ2n) is 5.39. The van der Waals surface area contributed by atoms with Crippen molar-refractivity contribution in [3.05, 3.63) is 28.8 Å². The SMILES string of the molecule is CCn1c(SCC(=O)Nc2sc(C)c(C)c2N)nnc1-c1ccco1. The van der Waals surface area contributed by atoms with Gasteiger partial charge in [0.2, 0.25) is 5.91 Å². The molecule has 3 aromatic rings. The summed E-state index contributed by atoms with van der Waals surface area (Å²) in [4.78, 5) is 13.3. The van der Waals surface area contributed by atoms with Crippen LogP contribution < -0.4 is 11.1 Å². The van der Waals surface area contributed by atoms with Gasteiger partial charge in [0.15, 0.2) is 16.7 Å². The van der Waals surface area contributed by atoms with E-state index in [9.17, 15) is 4.79 Å². The molecular weight excluding hydrogens is 358 g/mol. The number of nitrogen functional groups attached to an aromatic ring is 1. The topological polar surface area (TPSA) is 99.0 Å². The summed E-state index contributed by atoms with van der Waals surface area (Å²) in [5, 5.41) is 12.6. The molecule has 3 N–H and O–H groups in total. The molecule has 0 radical (unpaired) electrons. The number of thiophene rings is 1. The van der Waals surface area contributed by atoms with E-state index in [0.717, 1.165) is 10.4 Å². The third kappa shape index (κ3) is 3.57. The first-order chi connectivity index (χ1) is 12.0. The first-order valence-corrected chi connectivity index (χ1v) is 9.56. The Kier molecular flexibility index (Phi) is 5.14. The van der Waals surface area contributed by atoms with Crippen molar-refractivity contribution in [2.75, 3.05) is 16.8 Å². The molecule has 0 bridgehead atoms. The molecule has 1 amide bonds. The van der Waals surface area contributed by atoms with Crippen molar-refractivity contribution in [2.45, 2.75) is 32.5 Å². The molecule has 3 rings (SSSR count). The van der Waals surface area contributed by atoms with Gasteiger partial charge in [0.05, 0.1) is 17.7 Å². The number of aryl methyl sites for hydroxylation is 1. The van der Waals surface area contributed by atoms with E-state index in [0.29, 0.717) is 34.0 Å². The van der Waals surface area contributed by atoms with E-state index >= 15 is 0 Å². The van der Waals surface area contributed by atoms with E-state index in [2.05, 4.69) is 15.5 Å². The maximum Gasteiger partial charge on any atom is 0.235 e. The van der Waals surface area contributed by atoms with E-state index in [1.807, 2.05) is 31.4 Å². The van der Waals surface area contributed by atoms with Crippen molar-refractivity contribution in [2.24, 2.45) is 0 Å². The normalized spacial score (nSPS) is 11.0. The van der Waals surface area contributed by atoms with Gasteiger partial charge < -0.3 is 15.5 Å². The number of aromatic nitrogens is 3. The lowest BCUT2D eigenvalue weighted by molar-refractivity contribution is -0.113. The Morgan fingerprint density at radius 3 is 2.84 bits per heavy atom. The minimum Gasteiger partial charge on any atom is -0.461 e. The first kappa shape index (κ1) is 17.6. The van der Waals surface area contributed by atoms with Crippen LogP contribution in [-0.2, 0) is 11.3 Å². The summed E-state index contributed by atoms with van der Waals surface area (Å²) in [5.41, 5.74) is 7.67. The number of rotatable bonds is 6. The number of hydrogen-bond acceptors (Lipinski definition) is 7. The third-order valence-corrected chi connectivity index (χ3v) is 5.90. The molecule has 0 aliphatic heterocycles. The van der Waals surface area contributed by atoms with Gasteiger partial charge in [-0.3, -0.25) is 9.36 Å². The summed E-state index contributed by atoms with van der Waals surface area (Å²) >= 11 is 2.82. The smallest absolute Gasteiger partial charge is 0.235 e. The van der Waals surface area contributed by atoms with Crippen LogP contribution in [0.15, 0.2) is 28.0 Å². The summed E-state index contributed by atoms with van der Waals surface area (Å²) in [7, 11) is 0. The molecule has 0 saturated heterocycles. The highest BCUT2D eigenvalue weighted by molar-refractivity contribution is 7.99. The average molecular weight is 377 g/mol. The van der Waals surface area contributed by atoms with Crippen LogP contribution in [0.2, 0.25) is 0 Å². The van der Waals surface area contributed by atoms with Crippen LogP contribution in [0.25, 0.3) is 11.6 Å². The highest BCUT2D eigenvalue weighted by Gasteiger charge is 2.17. The van der Waals surface area contributed by atoms with Gasteiger partial charge >= 0.3 is 0 Å². The van der Waals surface area contributed by atoms with Crippen molar-refractivity contribution in [3.8, 4) is 11.6 Å². The Morgan fingerprint density at radius 2 is 2.24 bits per heavy atom. The Labute approximate surface area is 153 Å². The number of furan rings is 1. The van der Waals surface area contributed by atoms with Gasteiger partial charge in [-0.25, -0.2) is 0 Å². The minimum atomic E-state index is -0.122. The number of amides is 1. The molecular formula is C16H19N5O2S2. The second kappa shape index (κ2) is 7.32. The molecule has 7 nitrogen and oxygen atoms in total. The van der Waals surface area contributed by atoms with Gasteiger partial charge in [0.1, 0.15) is 5.00 Å². The maximum atomic E-state index is 12.2. The van der Waals surface area contributed by atoms with E-state index < -0.39 is 0 Å². The van der Waals surface area contributed by atoms with E-state index in [4.69, 9.17) is 10.2 Å². The third-order valence-electron chi connectivity index (χ3n) is 3.79. The van der Waals surface area contributed by atoms with Crippen LogP contribution in [0.3, 0.4) is 0 Å². The van der Waals surface area contributed by atoms with Gasteiger partial charge in [-0.05, 0) is 38.5 Å². The van der Waals surface area contributed by atoms with Crippen molar-refractivity contribution in [3.63, 3.8) is 0 Å². The maximum absolute atomic E-state index is 12.2. The summed E-state index contributed by atoms with van der Waals surface area (Å²) in [5.74, 6) is 1.42. The number of thioether (sulfide) groups is 1. The Hall–Kier alpha value is -2.26. The van der Waals surface area contributed by atoms with E-state index in [1.54, 1.807) is 12.3 Å². The lowest BCUT2D eigenvalue weighted by Crippen LogP contribution is -2.14. The zero-order valence-electron chi connectivity index (χ0n) is 14.2. The molecule has 9 heteroatoms. The van der Waals surface area contributed by atoms with E-state index in [1.165, 1.54) is 23.1 Å². The summed E-state index contributed by atoms with van der Waals surface area (Å²) < 4.78 is 7.30. The summed E-state index contributed by atoms with van der Waals surface area (Å²) in [6, 6.07) is 3.64. The molecule has 0 aliphatic carbocycles. The highest BCUT2D eigenvalue weighted by atomic mass is 32.2. The molecule has 132 valence electrons. The number of nitrogens with two attached hydrogens (primary N) is 1. The van der Waals surface area contributed by atoms with Gasteiger partial charge in [0.25, 0.3) is 0 Å². The average Bonchev–Trinajstić information content (AvgIpc) is 3.30. The van der Waals surface area contributed by atoms with Gasteiger partial charge in [-0.2, -0.15) is 0 Å².